The van der Waals surface area contributed by atoms with E-state index in [0.29, 0.717) is 11.0 Å². The van der Waals surface area contributed by atoms with Gasteiger partial charge in [0.05, 0.1) is 0 Å². The molecular formula is C11H12F6N2O2. The summed E-state index contributed by atoms with van der Waals surface area (Å²) in [4.78, 5) is 22.6. The Bertz CT molecular complexity index is 431. The van der Waals surface area contributed by atoms with Gasteiger partial charge in [-0.05, 0) is 18.9 Å². The van der Waals surface area contributed by atoms with Crippen molar-refractivity contribution in [2.24, 2.45) is 0 Å². The molecule has 1 heterocycles. The summed E-state index contributed by atoms with van der Waals surface area (Å²) in [7, 11) is 0. The lowest BCUT2D eigenvalue weighted by Gasteiger charge is -2.40. The number of likely N-dealkylation sites (tertiary alicyclic amines) is 1. The zero-order valence-corrected chi connectivity index (χ0v) is 10.6. The Morgan fingerprint density at radius 3 is 2.14 bits per heavy atom. The van der Waals surface area contributed by atoms with Crippen molar-refractivity contribution in [2.75, 3.05) is 6.54 Å². The van der Waals surface area contributed by atoms with Gasteiger partial charge in [0.15, 0.2) is 0 Å². The number of nitrogens with zero attached hydrogens (tertiary/aromatic N) is 1. The zero-order valence-electron chi connectivity index (χ0n) is 10.6. The van der Waals surface area contributed by atoms with Gasteiger partial charge in [-0.15, -0.1) is 0 Å². The van der Waals surface area contributed by atoms with E-state index < -0.39 is 49.2 Å². The molecule has 2 atom stereocenters. The van der Waals surface area contributed by atoms with Gasteiger partial charge >= 0.3 is 18.3 Å². The van der Waals surface area contributed by atoms with E-state index in [1.807, 2.05) is 0 Å². The first-order valence-corrected chi connectivity index (χ1v) is 5.84. The number of rotatable bonds is 2. The second-order valence-electron chi connectivity index (χ2n) is 4.50. The summed E-state index contributed by atoms with van der Waals surface area (Å²) >= 11 is 0. The van der Waals surface area contributed by atoms with Crippen LogP contribution >= 0.6 is 0 Å². The standard InChI is InChI=1S/C11H12F6N2O2/c1-2-8(20)19-5-6(18-9(21)11(15,16)17)3-4-7(19)10(12,13)14/h2,6-7H,1,3-5H2,(H,18,21)/t6-,7+/m0/s1. The number of piperidine rings is 1. The smallest absolute Gasteiger partial charge is 0.344 e. The summed E-state index contributed by atoms with van der Waals surface area (Å²) in [6.45, 7) is 2.40. The van der Waals surface area contributed by atoms with Gasteiger partial charge in [0, 0.05) is 12.6 Å². The van der Waals surface area contributed by atoms with Crippen LogP contribution in [0.4, 0.5) is 26.3 Å². The van der Waals surface area contributed by atoms with Crippen LogP contribution in [0.5, 0.6) is 0 Å². The predicted molar refractivity (Wildman–Crippen MR) is 59.0 cm³/mol. The molecule has 4 nitrogen and oxygen atoms in total. The van der Waals surface area contributed by atoms with Crippen molar-refractivity contribution in [3.05, 3.63) is 12.7 Å². The Morgan fingerprint density at radius 2 is 1.71 bits per heavy atom. The first-order chi connectivity index (χ1) is 9.46. The minimum Gasteiger partial charge on any atom is -0.344 e. The second-order valence-corrected chi connectivity index (χ2v) is 4.50. The van der Waals surface area contributed by atoms with Crippen LogP contribution in [0.1, 0.15) is 12.8 Å². The monoisotopic (exact) mass is 318 g/mol. The molecule has 1 fully saturated rings. The van der Waals surface area contributed by atoms with Gasteiger partial charge in [-0.2, -0.15) is 26.3 Å². The maximum atomic E-state index is 12.8. The molecule has 0 aromatic carbocycles. The van der Waals surface area contributed by atoms with Crippen molar-refractivity contribution < 1.29 is 35.9 Å². The largest absolute Gasteiger partial charge is 0.471 e. The topological polar surface area (TPSA) is 49.4 Å². The minimum atomic E-state index is -5.13. The molecule has 10 heteroatoms. The third-order valence-corrected chi connectivity index (χ3v) is 3.01. The lowest BCUT2D eigenvalue weighted by atomic mass is 9.97. The molecule has 1 aliphatic rings. The SMILES string of the molecule is C=CC(=O)N1C[C@@H](NC(=O)C(F)(F)F)CC[C@@H]1C(F)(F)F. The number of hydrogen-bond donors (Lipinski definition) is 1. The number of nitrogens with one attached hydrogen (secondary N) is 1. The summed E-state index contributed by atoms with van der Waals surface area (Å²) < 4.78 is 74.6. The highest BCUT2D eigenvalue weighted by atomic mass is 19.4. The normalized spacial score (nSPS) is 23.6. The molecule has 0 aromatic heterocycles. The van der Waals surface area contributed by atoms with E-state index >= 15 is 0 Å². The number of alkyl halides is 6. The van der Waals surface area contributed by atoms with Gasteiger partial charge in [0.1, 0.15) is 6.04 Å². The lowest BCUT2D eigenvalue weighted by Crippen LogP contribution is -2.59. The van der Waals surface area contributed by atoms with E-state index in [1.54, 1.807) is 5.32 Å². The zero-order chi connectivity index (χ0) is 16.4. The molecule has 1 saturated heterocycles. The molecule has 2 amide bonds. The Balaban J connectivity index is 2.82. The highest BCUT2D eigenvalue weighted by Crippen LogP contribution is 2.32. The average Bonchev–Trinajstić information content (AvgIpc) is 2.35. The molecule has 0 aromatic rings. The third kappa shape index (κ3) is 4.36. The van der Waals surface area contributed by atoms with E-state index in [4.69, 9.17) is 0 Å². The number of halogens is 6. The maximum Gasteiger partial charge on any atom is 0.471 e. The van der Waals surface area contributed by atoms with Crippen molar-refractivity contribution in [1.29, 1.82) is 0 Å². The van der Waals surface area contributed by atoms with Crippen molar-refractivity contribution in [2.45, 2.75) is 37.3 Å². The predicted octanol–water partition coefficient (Wildman–Crippen LogP) is 1.77. The molecule has 0 bridgehead atoms. The fraction of sp³-hybridized carbons (Fsp3) is 0.636. The minimum absolute atomic E-state index is 0.313. The van der Waals surface area contributed by atoms with Crippen molar-refractivity contribution in [3.8, 4) is 0 Å². The van der Waals surface area contributed by atoms with E-state index in [-0.39, 0.29) is 6.42 Å². The van der Waals surface area contributed by atoms with Crippen LogP contribution in [-0.4, -0.2) is 47.7 Å². The summed E-state index contributed by atoms with van der Waals surface area (Å²) in [5.74, 6) is -3.30. The average molecular weight is 318 g/mol. The summed E-state index contributed by atoms with van der Waals surface area (Å²) in [6.07, 6.45) is -10.1. The van der Waals surface area contributed by atoms with E-state index in [0.717, 1.165) is 0 Å². The first kappa shape index (κ1) is 17.3. The number of carbonyl (C=O) groups is 2. The number of carbonyl (C=O) groups excluding carboxylic acids is 2. The molecule has 21 heavy (non-hydrogen) atoms. The van der Waals surface area contributed by atoms with E-state index in [1.165, 1.54) is 0 Å². The van der Waals surface area contributed by atoms with Gasteiger partial charge in [0.2, 0.25) is 5.91 Å². The molecule has 1 aliphatic heterocycles. The Hall–Kier alpha value is -1.74. The molecular weight excluding hydrogens is 306 g/mol. The molecule has 0 saturated carbocycles. The summed E-state index contributed by atoms with van der Waals surface area (Å²) in [5.41, 5.74) is 0. The lowest BCUT2D eigenvalue weighted by molar-refractivity contribution is -0.196. The molecule has 0 radical (unpaired) electrons. The van der Waals surface area contributed by atoms with Crippen LogP contribution in [0.15, 0.2) is 12.7 Å². The molecule has 1 rings (SSSR count). The van der Waals surface area contributed by atoms with Crippen LogP contribution in [0, 0.1) is 0 Å². The fourth-order valence-corrected chi connectivity index (χ4v) is 2.06. The number of amides is 2. The molecule has 1 N–H and O–H groups in total. The van der Waals surface area contributed by atoms with Gasteiger partial charge < -0.3 is 10.2 Å². The van der Waals surface area contributed by atoms with E-state index in [9.17, 15) is 35.9 Å². The summed E-state index contributed by atoms with van der Waals surface area (Å²) in [5, 5.41) is 1.58. The fourth-order valence-electron chi connectivity index (χ4n) is 2.06. The Morgan fingerprint density at radius 1 is 1.14 bits per heavy atom. The number of hydrogen-bond acceptors (Lipinski definition) is 2. The van der Waals surface area contributed by atoms with Gasteiger partial charge in [-0.25, -0.2) is 0 Å². The second kappa shape index (κ2) is 5.94. The highest BCUT2D eigenvalue weighted by molar-refractivity contribution is 5.87. The third-order valence-electron chi connectivity index (χ3n) is 3.01. The highest BCUT2D eigenvalue weighted by Gasteiger charge is 2.48. The molecule has 0 unspecified atom stereocenters. The van der Waals surface area contributed by atoms with Gasteiger partial charge in [-0.3, -0.25) is 9.59 Å². The molecule has 0 aliphatic carbocycles. The van der Waals surface area contributed by atoms with Crippen LogP contribution < -0.4 is 5.32 Å². The van der Waals surface area contributed by atoms with Crippen LogP contribution in [0.25, 0.3) is 0 Å². The molecule has 120 valence electrons. The van der Waals surface area contributed by atoms with Gasteiger partial charge in [-0.1, -0.05) is 6.58 Å². The van der Waals surface area contributed by atoms with E-state index in [2.05, 4.69) is 6.58 Å². The van der Waals surface area contributed by atoms with Crippen molar-refractivity contribution in [1.82, 2.24) is 10.2 Å². The first-order valence-electron chi connectivity index (χ1n) is 5.84. The van der Waals surface area contributed by atoms with Crippen molar-refractivity contribution in [3.63, 3.8) is 0 Å². The quantitative estimate of drug-likeness (QED) is 0.623. The maximum absolute atomic E-state index is 12.8. The van der Waals surface area contributed by atoms with Crippen LogP contribution in [-0.2, 0) is 9.59 Å². The van der Waals surface area contributed by atoms with Crippen molar-refractivity contribution >= 4 is 11.8 Å². The van der Waals surface area contributed by atoms with Gasteiger partial charge in [0.25, 0.3) is 0 Å². The molecule has 0 spiro atoms. The van der Waals surface area contributed by atoms with Crippen LogP contribution in [0.2, 0.25) is 0 Å². The Kier molecular flexibility index (Phi) is 4.90. The Labute approximate surface area is 115 Å². The van der Waals surface area contributed by atoms with Crippen LogP contribution in [0.3, 0.4) is 0 Å². The summed E-state index contributed by atoms with van der Waals surface area (Å²) in [6, 6.07) is -3.29.